The molecular formula is C15H18N2O3. The molecule has 0 unspecified atom stereocenters. The molecule has 0 fully saturated rings. The Labute approximate surface area is 118 Å². The lowest BCUT2D eigenvalue weighted by Gasteiger charge is -2.08. The molecule has 0 bridgehead atoms. The minimum Gasteiger partial charge on any atom is -0.461 e. The fourth-order valence-electron chi connectivity index (χ4n) is 1.80. The molecule has 2 rings (SSSR count). The number of aromatic nitrogens is 2. The van der Waals surface area contributed by atoms with E-state index in [1.807, 2.05) is 30.3 Å². The van der Waals surface area contributed by atoms with E-state index in [4.69, 9.17) is 9.47 Å². The molecule has 0 saturated carbocycles. The lowest BCUT2D eigenvalue weighted by atomic mass is 10.2. The van der Waals surface area contributed by atoms with Crippen molar-refractivity contribution in [3.05, 3.63) is 53.9 Å². The Hall–Kier alpha value is -2.14. The van der Waals surface area contributed by atoms with Crippen molar-refractivity contribution in [3.8, 4) is 0 Å². The molecule has 0 atom stereocenters. The summed E-state index contributed by atoms with van der Waals surface area (Å²) >= 11 is 0. The molecule has 0 saturated heterocycles. The normalized spacial score (nSPS) is 10.4. The number of rotatable bonds is 7. The molecule has 0 N–H and O–H groups in total. The minimum absolute atomic E-state index is 0.354. The highest BCUT2D eigenvalue weighted by Crippen LogP contribution is 2.03. The first-order valence-corrected chi connectivity index (χ1v) is 6.62. The Kier molecular flexibility index (Phi) is 5.32. The summed E-state index contributed by atoms with van der Waals surface area (Å²) in [4.78, 5) is 11.7. The topological polar surface area (TPSA) is 53.3 Å². The van der Waals surface area contributed by atoms with Gasteiger partial charge in [-0.25, -0.2) is 4.79 Å². The van der Waals surface area contributed by atoms with E-state index in [2.05, 4.69) is 5.10 Å². The first kappa shape index (κ1) is 14.3. The van der Waals surface area contributed by atoms with Gasteiger partial charge in [-0.2, -0.15) is 5.10 Å². The Morgan fingerprint density at radius 1 is 1.25 bits per heavy atom. The van der Waals surface area contributed by atoms with Crippen LogP contribution in [0.5, 0.6) is 0 Å². The van der Waals surface area contributed by atoms with E-state index in [0.29, 0.717) is 32.1 Å². The molecule has 0 aliphatic rings. The number of carbonyl (C=O) groups is 1. The van der Waals surface area contributed by atoms with Crippen molar-refractivity contribution in [3.63, 3.8) is 0 Å². The lowest BCUT2D eigenvalue weighted by Crippen LogP contribution is -2.16. The van der Waals surface area contributed by atoms with E-state index < -0.39 is 0 Å². The van der Waals surface area contributed by atoms with Gasteiger partial charge in [0, 0.05) is 6.20 Å². The molecule has 106 valence electrons. The Morgan fingerprint density at radius 2 is 2.05 bits per heavy atom. The summed E-state index contributed by atoms with van der Waals surface area (Å²) in [7, 11) is 0. The zero-order chi connectivity index (χ0) is 14.2. The second-order valence-corrected chi connectivity index (χ2v) is 4.20. The van der Waals surface area contributed by atoms with Gasteiger partial charge in [0.2, 0.25) is 0 Å². The summed E-state index contributed by atoms with van der Waals surface area (Å²) in [6, 6.07) is 11.6. The molecule has 5 nitrogen and oxygen atoms in total. The highest BCUT2D eigenvalue weighted by Gasteiger charge is 2.12. The van der Waals surface area contributed by atoms with Gasteiger partial charge in [0.05, 0.1) is 26.4 Å². The Morgan fingerprint density at radius 3 is 2.80 bits per heavy atom. The molecule has 20 heavy (non-hydrogen) atoms. The van der Waals surface area contributed by atoms with Crippen LogP contribution in [0.1, 0.15) is 23.0 Å². The lowest BCUT2D eigenvalue weighted by molar-refractivity contribution is 0.0505. The van der Waals surface area contributed by atoms with Gasteiger partial charge in [0.25, 0.3) is 0 Å². The molecule has 1 aromatic heterocycles. The monoisotopic (exact) mass is 274 g/mol. The van der Waals surface area contributed by atoms with Gasteiger partial charge in [-0.05, 0) is 18.6 Å². The molecule has 1 aromatic carbocycles. The number of hydrogen-bond acceptors (Lipinski definition) is 4. The van der Waals surface area contributed by atoms with Crippen molar-refractivity contribution in [1.82, 2.24) is 9.78 Å². The largest absolute Gasteiger partial charge is 0.461 e. The van der Waals surface area contributed by atoms with E-state index in [9.17, 15) is 4.79 Å². The third kappa shape index (κ3) is 3.93. The van der Waals surface area contributed by atoms with Crippen molar-refractivity contribution in [1.29, 1.82) is 0 Å². The third-order valence-corrected chi connectivity index (χ3v) is 2.76. The molecule has 0 aliphatic heterocycles. The van der Waals surface area contributed by atoms with Crippen LogP contribution < -0.4 is 0 Å². The van der Waals surface area contributed by atoms with Crippen molar-refractivity contribution in [2.45, 2.75) is 20.1 Å². The molecule has 0 aliphatic carbocycles. The molecule has 2 aromatic rings. The molecule has 0 amide bonds. The van der Waals surface area contributed by atoms with Gasteiger partial charge in [0.1, 0.15) is 5.69 Å². The van der Waals surface area contributed by atoms with E-state index in [-0.39, 0.29) is 5.97 Å². The molecule has 0 spiro atoms. The summed E-state index contributed by atoms with van der Waals surface area (Å²) in [5.41, 5.74) is 1.58. The highest BCUT2D eigenvalue weighted by molar-refractivity contribution is 5.87. The van der Waals surface area contributed by atoms with Crippen LogP contribution in [-0.2, 0) is 22.6 Å². The second kappa shape index (κ2) is 7.45. The molecule has 0 radical (unpaired) electrons. The van der Waals surface area contributed by atoms with E-state index in [1.165, 1.54) is 0 Å². The Balaban J connectivity index is 1.80. The zero-order valence-electron chi connectivity index (χ0n) is 11.5. The number of esters is 1. The van der Waals surface area contributed by atoms with E-state index >= 15 is 0 Å². The van der Waals surface area contributed by atoms with Gasteiger partial charge in [-0.3, -0.25) is 4.68 Å². The van der Waals surface area contributed by atoms with Crippen LogP contribution >= 0.6 is 0 Å². The number of hydrogen-bond donors (Lipinski definition) is 0. The SMILES string of the molecule is CCOC(=O)c1ccnn1CCOCc1ccccc1. The smallest absolute Gasteiger partial charge is 0.356 e. The summed E-state index contributed by atoms with van der Waals surface area (Å²) in [6.07, 6.45) is 1.59. The van der Waals surface area contributed by atoms with Crippen LogP contribution in [0.3, 0.4) is 0 Å². The standard InChI is InChI=1S/C15H18N2O3/c1-2-20-15(18)14-8-9-16-17(14)10-11-19-12-13-6-4-3-5-7-13/h3-9H,2,10-12H2,1H3. The summed E-state index contributed by atoms with van der Waals surface area (Å²) in [5.74, 6) is -0.354. The summed E-state index contributed by atoms with van der Waals surface area (Å²) in [6.45, 7) is 3.70. The van der Waals surface area contributed by atoms with Crippen molar-refractivity contribution in [2.75, 3.05) is 13.2 Å². The van der Waals surface area contributed by atoms with Gasteiger partial charge in [-0.1, -0.05) is 30.3 Å². The van der Waals surface area contributed by atoms with Crippen LogP contribution in [0.4, 0.5) is 0 Å². The maximum absolute atomic E-state index is 11.7. The number of benzene rings is 1. The van der Waals surface area contributed by atoms with Crippen LogP contribution in [0.2, 0.25) is 0 Å². The number of nitrogens with zero attached hydrogens (tertiary/aromatic N) is 2. The van der Waals surface area contributed by atoms with Gasteiger partial charge in [-0.15, -0.1) is 0 Å². The van der Waals surface area contributed by atoms with Crippen molar-refractivity contribution >= 4 is 5.97 Å². The number of ether oxygens (including phenoxy) is 2. The predicted molar refractivity (Wildman–Crippen MR) is 74.3 cm³/mol. The molecule has 5 heteroatoms. The van der Waals surface area contributed by atoms with E-state index in [0.717, 1.165) is 5.56 Å². The highest BCUT2D eigenvalue weighted by atomic mass is 16.5. The fourth-order valence-corrected chi connectivity index (χ4v) is 1.80. The zero-order valence-corrected chi connectivity index (χ0v) is 11.5. The minimum atomic E-state index is -0.354. The summed E-state index contributed by atoms with van der Waals surface area (Å²) < 4.78 is 12.1. The van der Waals surface area contributed by atoms with Crippen molar-refractivity contribution < 1.29 is 14.3 Å². The van der Waals surface area contributed by atoms with E-state index in [1.54, 1.807) is 23.9 Å². The maximum Gasteiger partial charge on any atom is 0.356 e. The maximum atomic E-state index is 11.7. The van der Waals surface area contributed by atoms with Crippen LogP contribution in [-0.4, -0.2) is 29.0 Å². The van der Waals surface area contributed by atoms with Crippen LogP contribution in [0.15, 0.2) is 42.6 Å². The van der Waals surface area contributed by atoms with Gasteiger partial charge < -0.3 is 9.47 Å². The quantitative estimate of drug-likeness (QED) is 0.574. The van der Waals surface area contributed by atoms with Crippen LogP contribution in [0, 0.1) is 0 Å². The fraction of sp³-hybridized carbons (Fsp3) is 0.333. The molecule has 1 heterocycles. The first-order chi connectivity index (χ1) is 9.81. The second-order valence-electron chi connectivity index (χ2n) is 4.20. The molecular weight excluding hydrogens is 256 g/mol. The average molecular weight is 274 g/mol. The average Bonchev–Trinajstić information content (AvgIpc) is 2.93. The first-order valence-electron chi connectivity index (χ1n) is 6.62. The van der Waals surface area contributed by atoms with Gasteiger partial charge in [0.15, 0.2) is 0 Å². The van der Waals surface area contributed by atoms with Crippen LogP contribution in [0.25, 0.3) is 0 Å². The Bertz CT molecular complexity index is 537. The summed E-state index contributed by atoms with van der Waals surface area (Å²) in [5, 5.41) is 4.10. The third-order valence-electron chi connectivity index (χ3n) is 2.76. The van der Waals surface area contributed by atoms with Gasteiger partial charge >= 0.3 is 5.97 Å². The van der Waals surface area contributed by atoms with Crippen molar-refractivity contribution in [2.24, 2.45) is 0 Å². The predicted octanol–water partition coefficient (Wildman–Crippen LogP) is 2.28. The number of carbonyl (C=O) groups excluding carboxylic acids is 1.